The number of ether oxygens (including phenoxy) is 1. The van der Waals surface area contributed by atoms with Gasteiger partial charge in [-0.3, -0.25) is 4.98 Å². The summed E-state index contributed by atoms with van der Waals surface area (Å²) in [7, 11) is 0. The monoisotopic (exact) mass is 318 g/mol. The van der Waals surface area contributed by atoms with Gasteiger partial charge in [-0.1, -0.05) is 12.1 Å². The molecular formula is C20H18N2O2. The fraction of sp³-hybridized carbons (Fsp3) is 0.200. The van der Waals surface area contributed by atoms with Crippen molar-refractivity contribution < 1.29 is 9.53 Å². The van der Waals surface area contributed by atoms with Crippen LogP contribution < -0.4 is 0 Å². The van der Waals surface area contributed by atoms with Gasteiger partial charge in [-0.15, -0.1) is 0 Å². The molecule has 0 amide bonds. The normalized spacial score (nSPS) is 11.5. The molecule has 0 saturated heterocycles. The van der Waals surface area contributed by atoms with Gasteiger partial charge in [0.2, 0.25) is 0 Å². The Morgan fingerprint density at radius 1 is 1.08 bits per heavy atom. The van der Waals surface area contributed by atoms with Crippen LogP contribution in [-0.4, -0.2) is 22.5 Å². The van der Waals surface area contributed by atoms with Crippen LogP contribution in [0.1, 0.15) is 28.4 Å². The quantitative estimate of drug-likeness (QED) is 0.547. The SMILES string of the molecule is CCOC(=O)c1cccc2c1[nH]c1c(C)c3cnccc3c(C)c12. The molecule has 4 rings (SSSR count). The van der Waals surface area contributed by atoms with E-state index in [0.717, 1.165) is 32.8 Å². The van der Waals surface area contributed by atoms with Crippen LogP contribution in [0.25, 0.3) is 32.6 Å². The fourth-order valence-corrected chi connectivity index (χ4v) is 3.56. The predicted molar refractivity (Wildman–Crippen MR) is 96.5 cm³/mol. The third kappa shape index (κ3) is 1.92. The third-order valence-electron chi connectivity index (χ3n) is 4.71. The zero-order valence-corrected chi connectivity index (χ0v) is 13.9. The van der Waals surface area contributed by atoms with Gasteiger partial charge in [-0.05, 0) is 49.4 Å². The molecule has 0 aliphatic heterocycles. The molecular weight excluding hydrogens is 300 g/mol. The van der Waals surface area contributed by atoms with Gasteiger partial charge in [0.15, 0.2) is 0 Å². The molecule has 0 aliphatic carbocycles. The van der Waals surface area contributed by atoms with Crippen LogP contribution in [0.15, 0.2) is 36.7 Å². The fourth-order valence-electron chi connectivity index (χ4n) is 3.56. The van der Waals surface area contributed by atoms with Crippen LogP contribution in [0.2, 0.25) is 0 Å². The van der Waals surface area contributed by atoms with Crippen molar-refractivity contribution >= 4 is 38.5 Å². The molecule has 24 heavy (non-hydrogen) atoms. The number of H-pyrrole nitrogens is 1. The Balaban J connectivity index is 2.18. The topological polar surface area (TPSA) is 55.0 Å². The molecule has 2 aromatic carbocycles. The number of benzene rings is 2. The number of carbonyl (C=O) groups is 1. The van der Waals surface area contributed by atoms with Gasteiger partial charge in [-0.2, -0.15) is 0 Å². The van der Waals surface area contributed by atoms with Gasteiger partial charge in [0, 0.05) is 28.6 Å². The molecule has 4 heteroatoms. The van der Waals surface area contributed by atoms with Crippen LogP contribution in [0.3, 0.4) is 0 Å². The number of para-hydroxylation sites is 1. The average molecular weight is 318 g/mol. The van der Waals surface area contributed by atoms with Crippen molar-refractivity contribution in [2.24, 2.45) is 0 Å². The van der Waals surface area contributed by atoms with E-state index in [1.807, 2.05) is 37.5 Å². The number of pyridine rings is 1. The van der Waals surface area contributed by atoms with E-state index in [2.05, 4.69) is 29.9 Å². The Bertz CT molecular complexity index is 1110. The maximum atomic E-state index is 12.3. The van der Waals surface area contributed by atoms with Gasteiger partial charge < -0.3 is 9.72 Å². The first kappa shape index (κ1) is 14.7. The average Bonchev–Trinajstić information content (AvgIpc) is 3.00. The molecule has 0 saturated carbocycles. The predicted octanol–water partition coefficient (Wildman–Crippen LogP) is 4.66. The molecule has 0 bridgehead atoms. The lowest BCUT2D eigenvalue weighted by atomic mass is 9.97. The molecule has 2 aromatic heterocycles. The Morgan fingerprint density at radius 3 is 2.71 bits per heavy atom. The van der Waals surface area contributed by atoms with Crippen LogP contribution in [0.5, 0.6) is 0 Å². The lowest BCUT2D eigenvalue weighted by Crippen LogP contribution is -2.05. The van der Waals surface area contributed by atoms with Crippen molar-refractivity contribution in [1.82, 2.24) is 9.97 Å². The van der Waals surface area contributed by atoms with Crippen molar-refractivity contribution in [1.29, 1.82) is 0 Å². The third-order valence-corrected chi connectivity index (χ3v) is 4.71. The number of aromatic nitrogens is 2. The highest BCUT2D eigenvalue weighted by atomic mass is 16.5. The summed E-state index contributed by atoms with van der Waals surface area (Å²) in [5, 5.41) is 4.53. The zero-order valence-electron chi connectivity index (χ0n) is 13.9. The highest BCUT2D eigenvalue weighted by Crippen LogP contribution is 2.37. The molecule has 0 unspecified atom stereocenters. The lowest BCUT2D eigenvalue weighted by molar-refractivity contribution is 0.0528. The maximum absolute atomic E-state index is 12.3. The van der Waals surface area contributed by atoms with E-state index < -0.39 is 0 Å². The van der Waals surface area contributed by atoms with Gasteiger partial charge in [-0.25, -0.2) is 4.79 Å². The summed E-state index contributed by atoms with van der Waals surface area (Å²) in [6.45, 7) is 6.39. The Hall–Kier alpha value is -2.88. The van der Waals surface area contributed by atoms with E-state index in [9.17, 15) is 4.79 Å². The van der Waals surface area contributed by atoms with E-state index in [0.29, 0.717) is 12.2 Å². The van der Waals surface area contributed by atoms with Crippen molar-refractivity contribution in [3.8, 4) is 0 Å². The summed E-state index contributed by atoms with van der Waals surface area (Å²) in [4.78, 5) is 20.0. The number of nitrogens with zero attached hydrogens (tertiary/aromatic N) is 1. The first-order valence-electron chi connectivity index (χ1n) is 8.08. The van der Waals surface area contributed by atoms with Crippen LogP contribution in [0.4, 0.5) is 0 Å². The molecule has 0 aliphatic rings. The first-order chi connectivity index (χ1) is 11.6. The molecule has 0 fully saturated rings. The minimum absolute atomic E-state index is 0.295. The second kappa shape index (κ2) is 5.34. The van der Waals surface area contributed by atoms with Crippen molar-refractivity contribution in [3.63, 3.8) is 0 Å². The summed E-state index contributed by atoms with van der Waals surface area (Å²) in [5.41, 5.74) is 4.80. The minimum Gasteiger partial charge on any atom is -0.462 e. The van der Waals surface area contributed by atoms with E-state index in [-0.39, 0.29) is 5.97 Å². The largest absolute Gasteiger partial charge is 0.462 e. The highest BCUT2D eigenvalue weighted by Gasteiger charge is 2.18. The number of rotatable bonds is 2. The molecule has 2 heterocycles. The van der Waals surface area contributed by atoms with E-state index in [1.54, 1.807) is 0 Å². The molecule has 0 spiro atoms. The number of carbonyl (C=O) groups excluding carboxylic acids is 1. The number of hydrogen-bond donors (Lipinski definition) is 1. The van der Waals surface area contributed by atoms with Gasteiger partial charge in [0.1, 0.15) is 0 Å². The number of nitrogens with one attached hydrogen (secondary N) is 1. The maximum Gasteiger partial charge on any atom is 0.340 e. The van der Waals surface area contributed by atoms with Gasteiger partial charge in [0.25, 0.3) is 0 Å². The van der Waals surface area contributed by atoms with Gasteiger partial charge in [0.05, 0.1) is 23.2 Å². The van der Waals surface area contributed by atoms with Crippen molar-refractivity contribution in [2.45, 2.75) is 20.8 Å². The first-order valence-corrected chi connectivity index (χ1v) is 8.08. The number of fused-ring (bicyclic) bond motifs is 4. The minimum atomic E-state index is -0.295. The summed E-state index contributed by atoms with van der Waals surface area (Å²) in [6, 6.07) is 7.82. The number of aromatic amines is 1. The van der Waals surface area contributed by atoms with Crippen molar-refractivity contribution in [2.75, 3.05) is 6.61 Å². The standard InChI is InChI=1S/C20H18N2O2/c1-4-24-20(23)15-7-5-6-14-17-11(2)13-8-9-21-10-16(13)12(3)18(17)22-19(14)15/h5-10,22H,4H2,1-3H3. The van der Waals surface area contributed by atoms with Crippen LogP contribution in [0, 0.1) is 13.8 Å². The van der Waals surface area contributed by atoms with Crippen LogP contribution >= 0.6 is 0 Å². The molecule has 4 aromatic rings. The van der Waals surface area contributed by atoms with E-state index >= 15 is 0 Å². The Morgan fingerprint density at radius 2 is 1.92 bits per heavy atom. The number of esters is 1. The number of aryl methyl sites for hydroxylation is 2. The van der Waals surface area contributed by atoms with E-state index in [1.165, 1.54) is 10.9 Å². The summed E-state index contributed by atoms with van der Waals surface area (Å²) in [5.74, 6) is -0.295. The smallest absolute Gasteiger partial charge is 0.340 e. The molecule has 120 valence electrons. The Kier molecular flexibility index (Phi) is 3.27. The molecule has 1 N–H and O–H groups in total. The molecule has 4 nitrogen and oxygen atoms in total. The zero-order chi connectivity index (χ0) is 16.8. The lowest BCUT2D eigenvalue weighted by Gasteiger charge is -2.08. The second-order valence-electron chi connectivity index (χ2n) is 5.99. The highest BCUT2D eigenvalue weighted by molar-refractivity contribution is 6.19. The second-order valence-corrected chi connectivity index (χ2v) is 5.99. The summed E-state index contributed by atoms with van der Waals surface area (Å²) in [6.07, 6.45) is 3.72. The summed E-state index contributed by atoms with van der Waals surface area (Å²) < 4.78 is 5.20. The van der Waals surface area contributed by atoms with Crippen molar-refractivity contribution in [3.05, 3.63) is 53.3 Å². The summed E-state index contributed by atoms with van der Waals surface area (Å²) >= 11 is 0. The van der Waals surface area contributed by atoms with Crippen LogP contribution in [-0.2, 0) is 4.74 Å². The van der Waals surface area contributed by atoms with E-state index in [4.69, 9.17) is 4.74 Å². The molecule has 0 atom stereocenters. The molecule has 0 radical (unpaired) electrons. The Labute approximate surface area is 139 Å². The number of hydrogen-bond acceptors (Lipinski definition) is 3. The van der Waals surface area contributed by atoms with Gasteiger partial charge >= 0.3 is 5.97 Å².